The first-order valence-corrected chi connectivity index (χ1v) is 3.55. The highest BCUT2D eigenvalue weighted by Crippen LogP contribution is 1.91. The van der Waals surface area contributed by atoms with Crippen molar-refractivity contribution in [3.8, 4) is 0 Å². The summed E-state index contributed by atoms with van der Waals surface area (Å²) >= 11 is 0. The minimum Gasteiger partial charge on any atom is -0.299 e. The predicted octanol–water partition coefficient (Wildman–Crippen LogP) is 2.81. The summed E-state index contributed by atoms with van der Waals surface area (Å²) in [5.41, 5.74) is 0.882. The van der Waals surface area contributed by atoms with E-state index in [1.54, 1.807) is 6.92 Å². The molecular formula is C9H16N2. The maximum absolute atomic E-state index is 7.15. The molecule has 0 bridgehead atoms. The fourth-order valence-electron chi connectivity index (χ4n) is 0.332. The molecular weight excluding hydrogens is 136 g/mol. The summed E-state index contributed by atoms with van der Waals surface area (Å²) in [6.45, 7) is 12.6. The van der Waals surface area contributed by atoms with E-state index in [-0.39, 0.29) is 11.4 Å². The predicted molar refractivity (Wildman–Crippen MR) is 51.8 cm³/mol. The van der Waals surface area contributed by atoms with E-state index in [4.69, 9.17) is 10.8 Å². The van der Waals surface area contributed by atoms with E-state index in [1.165, 1.54) is 6.08 Å². The molecule has 62 valence electrons. The Bertz CT molecular complexity index is 178. The minimum absolute atomic E-state index is 0.127. The average molecular weight is 152 g/mol. The van der Waals surface area contributed by atoms with Crippen molar-refractivity contribution in [3.05, 3.63) is 24.8 Å². The Balaban J connectivity index is 0. The maximum atomic E-state index is 7.15. The Kier molecular flexibility index (Phi) is 7.87. The van der Waals surface area contributed by atoms with Gasteiger partial charge in [0.1, 0.15) is 0 Å². The molecule has 2 heteroatoms. The summed E-state index contributed by atoms with van der Waals surface area (Å²) in [6, 6.07) is 0. The standard InChI is InChI=1S/C7H10N2.C2H6/c1-4-6(8)7(9)5(2)3;1-2/h4,8-9H,1-2H2,3H3;1-2H3. The summed E-state index contributed by atoms with van der Waals surface area (Å²) in [6.07, 6.45) is 1.33. The second-order valence-electron chi connectivity index (χ2n) is 1.77. The third-order valence-corrected chi connectivity index (χ3v) is 0.900. The number of rotatable bonds is 3. The van der Waals surface area contributed by atoms with E-state index in [1.807, 2.05) is 13.8 Å². The first-order valence-electron chi connectivity index (χ1n) is 3.55. The summed E-state index contributed by atoms with van der Waals surface area (Å²) in [5, 5.41) is 14.2. The van der Waals surface area contributed by atoms with Crippen LogP contribution in [0.3, 0.4) is 0 Å². The van der Waals surface area contributed by atoms with Gasteiger partial charge in [-0.1, -0.05) is 27.0 Å². The molecule has 0 fully saturated rings. The van der Waals surface area contributed by atoms with Crippen LogP contribution < -0.4 is 0 Å². The Morgan fingerprint density at radius 2 is 1.64 bits per heavy atom. The average Bonchev–Trinajstić information content (AvgIpc) is 2.05. The lowest BCUT2D eigenvalue weighted by Crippen LogP contribution is -2.08. The second kappa shape index (κ2) is 6.93. The summed E-state index contributed by atoms with van der Waals surface area (Å²) in [4.78, 5) is 0. The van der Waals surface area contributed by atoms with Crippen LogP contribution in [0.25, 0.3) is 0 Å². The van der Waals surface area contributed by atoms with Crippen molar-refractivity contribution >= 4 is 11.4 Å². The zero-order chi connectivity index (χ0) is 9.44. The van der Waals surface area contributed by atoms with Crippen LogP contribution in [-0.4, -0.2) is 11.4 Å². The maximum Gasteiger partial charge on any atom is 0.0812 e. The zero-order valence-electron chi connectivity index (χ0n) is 7.49. The SMILES string of the molecule is C=CC(=N)C(=N)C(=C)C.CC. The van der Waals surface area contributed by atoms with Gasteiger partial charge in [0, 0.05) is 0 Å². The molecule has 0 aliphatic heterocycles. The minimum atomic E-state index is 0.127. The van der Waals surface area contributed by atoms with Crippen molar-refractivity contribution in [1.82, 2.24) is 0 Å². The smallest absolute Gasteiger partial charge is 0.0812 e. The Morgan fingerprint density at radius 1 is 1.27 bits per heavy atom. The molecule has 0 spiro atoms. The highest BCUT2D eigenvalue weighted by molar-refractivity contribution is 6.49. The van der Waals surface area contributed by atoms with E-state index in [0.29, 0.717) is 5.57 Å². The van der Waals surface area contributed by atoms with Gasteiger partial charge in [-0.3, -0.25) is 10.8 Å². The third kappa shape index (κ3) is 5.27. The molecule has 2 nitrogen and oxygen atoms in total. The molecule has 0 saturated carbocycles. The van der Waals surface area contributed by atoms with Crippen molar-refractivity contribution in [2.75, 3.05) is 0 Å². The molecule has 2 N–H and O–H groups in total. The van der Waals surface area contributed by atoms with Crippen LogP contribution in [0.15, 0.2) is 24.8 Å². The molecule has 0 unspecified atom stereocenters. The van der Waals surface area contributed by atoms with Crippen LogP contribution in [-0.2, 0) is 0 Å². The molecule has 0 heterocycles. The lowest BCUT2D eigenvalue weighted by Gasteiger charge is -1.96. The van der Waals surface area contributed by atoms with Gasteiger partial charge in [-0.15, -0.1) is 0 Å². The van der Waals surface area contributed by atoms with Crippen molar-refractivity contribution in [3.63, 3.8) is 0 Å². The molecule has 0 rings (SSSR count). The normalized spacial score (nSPS) is 7.18. The summed E-state index contributed by atoms with van der Waals surface area (Å²) in [5.74, 6) is 0. The molecule has 0 aromatic heterocycles. The van der Waals surface area contributed by atoms with Crippen LogP contribution >= 0.6 is 0 Å². The molecule has 11 heavy (non-hydrogen) atoms. The number of hydrogen-bond donors (Lipinski definition) is 2. The molecule has 0 radical (unpaired) electrons. The van der Waals surface area contributed by atoms with Crippen molar-refractivity contribution in [2.24, 2.45) is 0 Å². The van der Waals surface area contributed by atoms with Crippen LogP contribution in [0.4, 0.5) is 0 Å². The van der Waals surface area contributed by atoms with E-state index in [9.17, 15) is 0 Å². The van der Waals surface area contributed by atoms with Crippen LogP contribution in [0.5, 0.6) is 0 Å². The lowest BCUT2D eigenvalue weighted by atomic mass is 10.1. The van der Waals surface area contributed by atoms with Crippen molar-refractivity contribution < 1.29 is 0 Å². The largest absolute Gasteiger partial charge is 0.299 e. The highest BCUT2D eigenvalue weighted by Gasteiger charge is 1.98. The van der Waals surface area contributed by atoms with Gasteiger partial charge in [0.05, 0.1) is 11.4 Å². The van der Waals surface area contributed by atoms with Gasteiger partial charge in [-0.05, 0) is 18.6 Å². The fraction of sp³-hybridized carbons (Fsp3) is 0.333. The van der Waals surface area contributed by atoms with Crippen molar-refractivity contribution in [2.45, 2.75) is 20.8 Å². The monoisotopic (exact) mass is 152 g/mol. The first kappa shape index (κ1) is 12.5. The molecule has 0 amide bonds. The topological polar surface area (TPSA) is 47.7 Å². The Morgan fingerprint density at radius 3 is 1.73 bits per heavy atom. The molecule has 0 aliphatic carbocycles. The van der Waals surface area contributed by atoms with E-state index in [2.05, 4.69) is 13.2 Å². The van der Waals surface area contributed by atoms with Crippen LogP contribution in [0, 0.1) is 10.8 Å². The van der Waals surface area contributed by atoms with Gasteiger partial charge < -0.3 is 0 Å². The molecule has 0 atom stereocenters. The van der Waals surface area contributed by atoms with Gasteiger partial charge >= 0.3 is 0 Å². The van der Waals surface area contributed by atoms with Gasteiger partial charge in [-0.2, -0.15) is 0 Å². The van der Waals surface area contributed by atoms with Crippen LogP contribution in [0.1, 0.15) is 20.8 Å². The first-order chi connectivity index (χ1) is 5.09. The number of allylic oxidation sites excluding steroid dienone is 2. The highest BCUT2D eigenvalue weighted by atomic mass is 14.5. The van der Waals surface area contributed by atoms with Gasteiger partial charge in [0.2, 0.25) is 0 Å². The summed E-state index contributed by atoms with van der Waals surface area (Å²) < 4.78 is 0. The zero-order valence-corrected chi connectivity index (χ0v) is 7.49. The molecule has 0 aliphatic rings. The summed E-state index contributed by atoms with van der Waals surface area (Å²) in [7, 11) is 0. The molecule has 0 saturated heterocycles. The van der Waals surface area contributed by atoms with Crippen LogP contribution in [0.2, 0.25) is 0 Å². The van der Waals surface area contributed by atoms with E-state index in [0.717, 1.165) is 0 Å². The molecule has 0 aromatic rings. The quantitative estimate of drug-likeness (QED) is 0.584. The lowest BCUT2D eigenvalue weighted by molar-refractivity contribution is 1.45. The van der Waals surface area contributed by atoms with E-state index < -0.39 is 0 Å². The molecule has 0 aromatic carbocycles. The Hall–Kier alpha value is -1.18. The number of nitrogens with one attached hydrogen (secondary N) is 2. The van der Waals surface area contributed by atoms with Gasteiger partial charge in [-0.25, -0.2) is 0 Å². The number of hydrogen-bond acceptors (Lipinski definition) is 2. The fourth-order valence-corrected chi connectivity index (χ4v) is 0.332. The Labute approximate surface area is 68.7 Å². The third-order valence-electron chi connectivity index (χ3n) is 0.900. The van der Waals surface area contributed by atoms with E-state index >= 15 is 0 Å². The van der Waals surface area contributed by atoms with Gasteiger partial charge in [0.15, 0.2) is 0 Å². The van der Waals surface area contributed by atoms with Gasteiger partial charge in [0.25, 0.3) is 0 Å². The second-order valence-corrected chi connectivity index (χ2v) is 1.77. The van der Waals surface area contributed by atoms with Crippen molar-refractivity contribution in [1.29, 1.82) is 10.8 Å².